The lowest BCUT2D eigenvalue weighted by Crippen LogP contribution is -2.20. The van der Waals surface area contributed by atoms with Gasteiger partial charge in [-0.05, 0) is 55.7 Å². The van der Waals surface area contributed by atoms with Crippen LogP contribution in [0.4, 0.5) is 5.69 Å². The third-order valence-corrected chi connectivity index (χ3v) is 3.57. The quantitative estimate of drug-likeness (QED) is 0.858. The van der Waals surface area contributed by atoms with E-state index in [1.807, 2.05) is 63.3 Å². The number of carbonyl (C=O) groups excluding carboxylic acids is 1. The smallest absolute Gasteiger partial charge is 0.262 e. The molecule has 0 saturated carbocycles. The number of hydrogen-bond donors (Lipinski definition) is 1. The van der Waals surface area contributed by atoms with E-state index in [1.165, 1.54) is 0 Å². The summed E-state index contributed by atoms with van der Waals surface area (Å²) < 4.78 is 10.9. The zero-order valence-electron chi connectivity index (χ0n) is 14.6. The van der Waals surface area contributed by atoms with E-state index >= 15 is 0 Å². The zero-order chi connectivity index (χ0) is 17.5. The van der Waals surface area contributed by atoms with Crippen LogP contribution >= 0.6 is 0 Å². The molecule has 0 heterocycles. The van der Waals surface area contributed by atoms with Crippen molar-refractivity contribution in [1.82, 2.24) is 0 Å². The summed E-state index contributed by atoms with van der Waals surface area (Å²) in [5.74, 6) is 0.940. The molecule has 0 bridgehead atoms. The summed E-state index contributed by atoms with van der Waals surface area (Å²) >= 11 is 0. The lowest BCUT2D eigenvalue weighted by Gasteiger charge is -2.12. The van der Waals surface area contributed by atoms with E-state index in [2.05, 4.69) is 5.32 Å². The van der Waals surface area contributed by atoms with Crippen LogP contribution in [-0.4, -0.2) is 19.6 Å². The Kier molecular flexibility index (Phi) is 6.01. The van der Waals surface area contributed by atoms with Crippen LogP contribution in [-0.2, 0) is 4.79 Å². The number of anilines is 1. The van der Waals surface area contributed by atoms with Gasteiger partial charge in [0, 0.05) is 5.69 Å². The SMILES string of the molecule is C/C=C/c1ccc(OCC(=O)Nc2cc(C)ccc2C)c(OC)c1. The number of amides is 1. The average Bonchev–Trinajstić information content (AvgIpc) is 2.57. The average molecular weight is 325 g/mol. The first kappa shape index (κ1) is 17.6. The maximum absolute atomic E-state index is 12.1. The van der Waals surface area contributed by atoms with Crippen LogP contribution in [0, 0.1) is 13.8 Å². The number of ether oxygens (including phenoxy) is 2. The Hall–Kier alpha value is -2.75. The van der Waals surface area contributed by atoms with Gasteiger partial charge < -0.3 is 14.8 Å². The molecule has 4 nitrogen and oxygen atoms in total. The predicted octanol–water partition coefficient (Wildman–Crippen LogP) is 4.36. The molecular formula is C20H23NO3. The molecule has 2 aromatic carbocycles. The van der Waals surface area contributed by atoms with Gasteiger partial charge in [0.2, 0.25) is 0 Å². The number of methoxy groups -OCH3 is 1. The molecule has 0 unspecified atom stereocenters. The van der Waals surface area contributed by atoms with Crippen LogP contribution in [0.5, 0.6) is 11.5 Å². The van der Waals surface area contributed by atoms with Gasteiger partial charge in [-0.1, -0.05) is 30.4 Å². The van der Waals surface area contributed by atoms with E-state index in [9.17, 15) is 4.79 Å². The minimum atomic E-state index is -0.205. The van der Waals surface area contributed by atoms with Crippen LogP contribution in [0.3, 0.4) is 0 Å². The highest BCUT2D eigenvalue weighted by Gasteiger charge is 2.09. The van der Waals surface area contributed by atoms with Crippen LogP contribution in [0.25, 0.3) is 6.08 Å². The Balaban J connectivity index is 2.02. The number of carbonyl (C=O) groups is 1. The Morgan fingerprint density at radius 1 is 1.12 bits per heavy atom. The molecule has 2 aromatic rings. The van der Waals surface area contributed by atoms with E-state index in [1.54, 1.807) is 13.2 Å². The van der Waals surface area contributed by atoms with Crippen LogP contribution in [0.1, 0.15) is 23.6 Å². The normalized spacial score (nSPS) is 10.7. The standard InChI is InChI=1S/C20H23NO3/c1-5-6-16-9-10-18(19(12-16)23-4)24-13-20(22)21-17-11-14(2)7-8-15(17)3/h5-12H,13H2,1-4H3,(H,21,22)/b6-5+. The van der Waals surface area contributed by atoms with Crippen molar-refractivity contribution in [2.75, 3.05) is 19.0 Å². The molecule has 126 valence electrons. The summed E-state index contributed by atoms with van der Waals surface area (Å²) in [7, 11) is 1.58. The third-order valence-electron chi connectivity index (χ3n) is 3.57. The fourth-order valence-electron chi connectivity index (χ4n) is 2.30. The Bertz CT molecular complexity index is 751. The van der Waals surface area contributed by atoms with Gasteiger partial charge in [0.05, 0.1) is 7.11 Å². The van der Waals surface area contributed by atoms with Crippen molar-refractivity contribution in [1.29, 1.82) is 0 Å². The van der Waals surface area contributed by atoms with Gasteiger partial charge in [0.15, 0.2) is 18.1 Å². The number of aryl methyl sites for hydroxylation is 2. The second-order valence-electron chi connectivity index (χ2n) is 5.57. The van der Waals surface area contributed by atoms with Crippen molar-refractivity contribution < 1.29 is 14.3 Å². The van der Waals surface area contributed by atoms with Crippen molar-refractivity contribution >= 4 is 17.7 Å². The van der Waals surface area contributed by atoms with Gasteiger partial charge in [0.25, 0.3) is 5.91 Å². The third kappa shape index (κ3) is 4.62. The zero-order valence-corrected chi connectivity index (χ0v) is 14.6. The van der Waals surface area contributed by atoms with Gasteiger partial charge in [-0.2, -0.15) is 0 Å². The molecule has 0 fully saturated rings. The molecule has 0 aromatic heterocycles. The number of rotatable bonds is 6. The second kappa shape index (κ2) is 8.20. The summed E-state index contributed by atoms with van der Waals surface area (Å²) in [4.78, 5) is 12.1. The van der Waals surface area contributed by atoms with Crippen molar-refractivity contribution in [2.24, 2.45) is 0 Å². The molecule has 0 atom stereocenters. The predicted molar refractivity (Wildman–Crippen MR) is 97.7 cm³/mol. The molecule has 0 aliphatic rings. The molecule has 24 heavy (non-hydrogen) atoms. The summed E-state index contributed by atoms with van der Waals surface area (Å²) in [6.45, 7) is 5.82. The largest absolute Gasteiger partial charge is 0.493 e. The van der Waals surface area contributed by atoms with Gasteiger partial charge in [-0.25, -0.2) is 0 Å². The maximum Gasteiger partial charge on any atom is 0.262 e. The van der Waals surface area contributed by atoms with Crippen molar-refractivity contribution in [3.05, 3.63) is 59.2 Å². The minimum Gasteiger partial charge on any atom is -0.493 e. The van der Waals surface area contributed by atoms with Gasteiger partial charge >= 0.3 is 0 Å². The lowest BCUT2D eigenvalue weighted by molar-refractivity contribution is -0.118. The highest BCUT2D eigenvalue weighted by Crippen LogP contribution is 2.28. The molecule has 0 radical (unpaired) electrons. The highest BCUT2D eigenvalue weighted by molar-refractivity contribution is 5.92. The van der Waals surface area contributed by atoms with Crippen molar-refractivity contribution in [3.63, 3.8) is 0 Å². The summed E-state index contributed by atoms with van der Waals surface area (Å²) in [5.41, 5.74) is 3.93. The molecule has 0 aliphatic heterocycles. The van der Waals surface area contributed by atoms with E-state index < -0.39 is 0 Å². The second-order valence-corrected chi connectivity index (χ2v) is 5.57. The van der Waals surface area contributed by atoms with E-state index in [0.29, 0.717) is 11.5 Å². The van der Waals surface area contributed by atoms with Gasteiger partial charge in [-0.3, -0.25) is 4.79 Å². The molecule has 1 N–H and O–H groups in total. The highest BCUT2D eigenvalue weighted by atomic mass is 16.5. The fraction of sp³-hybridized carbons (Fsp3) is 0.250. The molecule has 0 saturated heterocycles. The van der Waals surface area contributed by atoms with Gasteiger partial charge in [-0.15, -0.1) is 0 Å². The fourth-order valence-corrected chi connectivity index (χ4v) is 2.30. The van der Waals surface area contributed by atoms with Crippen molar-refractivity contribution in [3.8, 4) is 11.5 Å². The first-order valence-electron chi connectivity index (χ1n) is 7.84. The van der Waals surface area contributed by atoms with Crippen LogP contribution < -0.4 is 14.8 Å². The first-order valence-corrected chi connectivity index (χ1v) is 7.84. The Morgan fingerprint density at radius 2 is 1.92 bits per heavy atom. The first-order chi connectivity index (χ1) is 11.5. The number of nitrogens with one attached hydrogen (secondary N) is 1. The molecule has 0 aliphatic carbocycles. The topological polar surface area (TPSA) is 47.6 Å². The molecular weight excluding hydrogens is 302 g/mol. The molecule has 4 heteroatoms. The van der Waals surface area contributed by atoms with E-state index in [4.69, 9.17) is 9.47 Å². The molecule has 2 rings (SSSR count). The van der Waals surface area contributed by atoms with E-state index in [-0.39, 0.29) is 12.5 Å². The molecule has 1 amide bonds. The maximum atomic E-state index is 12.1. The summed E-state index contributed by atoms with van der Waals surface area (Å²) in [5, 5.41) is 2.87. The van der Waals surface area contributed by atoms with Crippen LogP contribution in [0.15, 0.2) is 42.5 Å². The van der Waals surface area contributed by atoms with Crippen LogP contribution in [0.2, 0.25) is 0 Å². The monoisotopic (exact) mass is 325 g/mol. The number of hydrogen-bond acceptors (Lipinski definition) is 3. The Labute approximate surface area is 143 Å². The lowest BCUT2D eigenvalue weighted by atomic mass is 10.1. The van der Waals surface area contributed by atoms with E-state index in [0.717, 1.165) is 22.4 Å². The minimum absolute atomic E-state index is 0.0767. The Morgan fingerprint density at radius 3 is 2.62 bits per heavy atom. The number of allylic oxidation sites excluding steroid dienone is 1. The number of benzene rings is 2. The van der Waals surface area contributed by atoms with Crippen molar-refractivity contribution in [2.45, 2.75) is 20.8 Å². The summed E-state index contributed by atoms with van der Waals surface area (Å²) in [6, 6.07) is 11.5. The molecule has 0 spiro atoms. The van der Waals surface area contributed by atoms with Gasteiger partial charge in [0.1, 0.15) is 0 Å². The summed E-state index contributed by atoms with van der Waals surface area (Å²) in [6.07, 6.45) is 3.92.